The second-order valence-electron chi connectivity index (χ2n) is 5.53. The second kappa shape index (κ2) is 6.30. The molecular formula is C13H17NO7S. The van der Waals surface area contributed by atoms with Crippen LogP contribution in [0.15, 0.2) is 23.1 Å². The van der Waals surface area contributed by atoms with E-state index in [-0.39, 0.29) is 10.6 Å². The molecular weight excluding hydrogens is 314 g/mol. The molecule has 0 aliphatic rings. The van der Waals surface area contributed by atoms with Gasteiger partial charge in [0.1, 0.15) is 5.60 Å². The van der Waals surface area contributed by atoms with E-state index >= 15 is 0 Å². The monoisotopic (exact) mass is 331 g/mol. The molecule has 122 valence electrons. The Labute approximate surface area is 128 Å². The van der Waals surface area contributed by atoms with Crippen molar-refractivity contribution in [2.24, 2.45) is 0 Å². The first kappa shape index (κ1) is 17.9. The lowest BCUT2D eigenvalue weighted by atomic mass is 10.2. The predicted octanol–water partition coefficient (Wildman–Crippen LogP) is 1.72. The van der Waals surface area contributed by atoms with E-state index in [9.17, 15) is 23.3 Å². The predicted molar refractivity (Wildman–Crippen MR) is 77.5 cm³/mol. The van der Waals surface area contributed by atoms with Gasteiger partial charge < -0.3 is 9.47 Å². The highest BCUT2D eigenvalue weighted by atomic mass is 32.2. The molecule has 0 fully saturated rings. The molecule has 1 aromatic rings. The molecule has 0 aliphatic carbocycles. The lowest BCUT2D eigenvalue weighted by Crippen LogP contribution is -2.27. The maximum atomic E-state index is 11.5. The fourth-order valence-electron chi connectivity index (χ4n) is 1.50. The van der Waals surface area contributed by atoms with E-state index in [1.54, 1.807) is 20.8 Å². The van der Waals surface area contributed by atoms with Gasteiger partial charge in [0.05, 0.1) is 9.82 Å². The summed E-state index contributed by atoms with van der Waals surface area (Å²) in [6.45, 7) is 4.51. The molecule has 0 saturated carbocycles. The SMILES string of the molecule is CC(C)(C)OC(=O)COc1ccc(S(C)(=O)=O)cc1[N+](=O)[O-]. The Morgan fingerprint density at radius 2 is 1.91 bits per heavy atom. The molecule has 0 atom stereocenters. The first-order chi connectivity index (χ1) is 9.90. The summed E-state index contributed by atoms with van der Waals surface area (Å²) in [6.07, 6.45) is 0.938. The fourth-order valence-corrected chi connectivity index (χ4v) is 2.14. The van der Waals surface area contributed by atoms with Gasteiger partial charge in [0, 0.05) is 12.3 Å². The van der Waals surface area contributed by atoms with Crippen LogP contribution in [0.2, 0.25) is 0 Å². The van der Waals surface area contributed by atoms with Crippen LogP contribution >= 0.6 is 0 Å². The van der Waals surface area contributed by atoms with E-state index in [1.807, 2.05) is 0 Å². The average Bonchev–Trinajstić information content (AvgIpc) is 2.32. The fraction of sp³-hybridized carbons (Fsp3) is 0.462. The van der Waals surface area contributed by atoms with Crippen LogP contribution in [0.3, 0.4) is 0 Å². The van der Waals surface area contributed by atoms with E-state index in [0.717, 1.165) is 18.4 Å². The van der Waals surface area contributed by atoms with Crippen LogP contribution < -0.4 is 4.74 Å². The number of rotatable bonds is 5. The zero-order valence-corrected chi connectivity index (χ0v) is 13.5. The Morgan fingerprint density at radius 3 is 2.36 bits per heavy atom. The minimum Gasteiger partial charge on any atom is -0.475 e. The molecule has 1 rings (SSSR count). The molecule has 0 aliphatic heterocycles. The third-order valence-electron chi connectivity index (χ3n) is 2.32. The van der Waals surface area contributed by atoms with Crippen molar-refractivity contribution in [1.82, 2.24) is 0 Å². The van der Waals surface area contributed by atoms with E-state index in [1.165, 1.54) is 6.07 Å². The van der Waals surface area contributed by atoms with E-state index in [2.05, 4.69) is 0 Å². The van der Waals surface area contributed by atoms with Crippen molar-refractivity contribution >= 4 is 21.5 Å². The highest BCUT2D eigenvalue weighted by molar-refractivity contribution is 7.90. The Kier molecular flexibility index (Phi) is 5.13. The number of ether oxygens (including phenoxy) is 2. The normalized spacial score (nSPS) is 11.8. The Balaban J connectivity index is 2.96. The Bertz CT molecular complexity index is 689. The average molecular weight is 331 g/mol. The van der Waals surface area contributed by atoms with Crippen molar-refractivity contribution in [1.29, 1.82) is 0 Å². The molecule has 0 aromatic heterocycles. The second-order valence-corrected chi connectivity index (χ2v) is 7.55. The third kappa shape index (κ3) is 5.32. The van der Waals surface area contributed by atoms with E-state index in [4.69, 9.17) is 9.47 Å². The summed E-state index contributed by atoms with van der Waals surface area (Å²) in [7, 11) is -3.58. The number of nitro benzene ring substituents is 1. The maximum Gasteiger partial charge on any atom is 0.344 e. The molecule has 0 heterocycles. The standard InChI is InChI=1S/C13H17NO7S/c1-13(2,3)21-12(15)8-20-11-6-5-9(22(4,18)19)7-10(11)14(16)17/h5-7H,8H2,1-4H3. The van der Waals surface area contributed by atoms with Crippen LogP contribution in [-0.4, -0.2) is 37.8 Å². The van der Waals surface area contributed by atoms with Gasteiger partial charge in [-0.1, -0.05) is 0 Å². The minimum atomic E-state index is -3.58. The topological polar surface area (TPSA) is 113 Å². The quantitative estimate of drug-likeness (QED) is 0.458. The van der Waals surface area contributed by atoms with Crippen LogP contribution in [-0.2, 0) is 19.4 Å². The number of hydrogen-bond acceptors (Lipinski definition) is 7. The zero-order chi connectivity index (χ0) is 17.1. The third-order valence-corrected chi connectivity index (χ3v) is 3.43. The summed E-state index contributed by atoms with van der Waals surface area (Å²) in [4.78, 5) is 21.5. The van der Waals surface area contributed by atoms with Gasteiger partial charge in [-0.3, -0.25) is 10.1 Å². The van der Waals surface area contributed by atoms with Crippen LogP contribution in [0.5, 0.6) is 5.75 Å². The number of benzene rings is 1. The molecule has 0 N–H and O–H groups in total. The molecule has 1 aromatic carbocycles. The van der Waals surface area contributed by atoms with Gasteiger partial charge >= 0.3 is 11.7 Å². The molecule has 0 spiro atoms. The molecule has 0 saturated heterocycles. The highest BCUT2D eigenvalue weighted by Crippen LogP contribution is 2.29. The Hall–Kier alpha value is -2.16. The van der Waals surface area contributed by atoms with Gasteiger partial charge in [-0.25, -0.2) is 13.2 Å². The van der Waals surface area contributed by atoms with Gasteiger partial charge in [0.25, 0.3) is 0 Å². The van der Waals surface area contributed by atoms with E-state index in [0.29, 0.717) is 0 Å². The molecule has 8 nitrogen and oxygen atoms in total. The van der Waals surface area contributed by atoms with Crippen LogP contribution in [0, 0.1) is 10.1 Å². The van der Waals surface area contributed by atoms with Crippen LogP contribution in [0.4, 0.5) is 5.69 Å². The van der Waals surface area contributed by atoms with Gasteiger partial charge in [0.2, 0.25) is 0 Å². The Morgan fingerprint density at radius 1 is 1.32 bits per heavy atom. The number of sulfone groups is 1. The smallest absolute Gasteiger partial charge is 0.344 e. The van der Waals surface area contributed by atoms with Crippen LogP contribution in [0.1, 0.15) is 20.8 Å². The van der Waals surface area contributed by atoms with Gasteiger partial charge in [-0.2, -0.15) is 0 Å². The highest BCUT2D eigenvalue weighted by Gasteiger charge is 2.22. The van der Waals surface area contributed by atoms with E-state index < -0.39 is 38.6 Å². The summed E-state index contributed by atoms with van der Waals surface area (Å²) in [5.41, 5.74) is -1.24. The molecule has 9 heteroatoms. The molecule has 0 unspecified atom stereocenters. The van der Waals surface area contributed by atoms with Crippen molar-refractivity contribution < 1.29 is 27.6 Å². The summed E-state index contributed by atoms with van der Waals surface area (Å²) < 4.78 is 32.9. The van der Waals surface area contributed by atoms with Crippen molar-refractivity contribution in [3.05, 3.63) is 28.3 Å². The van der Waals surface area contributed by atoms with Crippen molar-refractivity contribution in [3.63, 3.8) is 0 Å². The first-order valence-electron chi connectivity index (χ1n) is 6.23. The molecule has 0 radical (unpaired) electrons. The summed E-state index contributed by atoms with van der Waals surface area (Å²) >= 11 is 0. The number of carbonyl (C=O) groups is 1. The van der Waals surface area contributed by atoms with Crippen molar-refractivity contribution in [2.75, 3.05) is 12.9 Å². The number of carbonyl (C=O) groups excluding carboxylic acids is 1. The lowest BCUT2D eigenvalue weighted by Gasteiger charge is -2.19. The van der Waals surface area contributed by atoms with Gasteiger partial charge in [-0.05, 0) is 32.9 Å². The summed E-state index contributed by atoms with van der Waals surface area (Å²) in [5.74, 6) is -0.891. The van der Waals surface area contributed by atoms with Crippen molar-refractivity contribution in [2.45, 2.75) is 31.3 Å². The zero-order valence-electron chi connectivity index (χ0n) is 12.7. The van der Waals surface area contributed by atoms with Gasteiger partial charge in [0.15, 0.2) is 22.2 Å². The first-order valence-corrected chi connectivity index (χ1v) is 8.12. The maximum absolute atomic E-state index is 11.5. The lowest BCUT2D eigenvalue weighted by molar-refractivity contribution is -0.386. The van der Waals surface area contributed by atoms with Gasteiger partial charge in [-0.15, -0.1) is 0 Å². The molecule has 22 heavy (non-hydrogen) atoms. The van der Waals surface area contributed by atoms with Crippen LogP contribution in [0.25, 0.3) is 0 Å². The molecule has 0 bridgehead atoms. The summed E-state index contributed by atoms with van der Waals surface area (Å²) in [5, 5.41) is 11.0. The minimum absolute atomic E-state index is 0.205. The van der Waals surface area contributed by atoms with Crippen molar-refractivity contribution in [3.8, 4) is 5.75 Å². The number of esters is 1. The number of hydrogen-bond donors (Lipinski definition) is 0. The summed E-state index contributed by atoms with van der Waals surface area (Å²) in [6, 6.07) is 3.20. The number of nitrogens with zero attached hydrogens (tertiary/aromatic N) is 1. The largest absolute Gasteiger partial charge is 0.475 e. The molecule has 0 amide bonds. The number of nitro groups is 1.